The zero-order valence-corrected chi connectivity index (χ0v) is 6.09. The molecular weight excluding hydrogens is 126 g/mol. The van der Waals surface area contributed by atoms with E-state index in [1.54, 1.807) is 6.26 Å². The van der Waals surface area contributed by atoms with Crippen molar-refractivity contribution in [2.75, 3.05) is 0 Å². The van der Waals surface area contributed by atoms with Crippen LogP contribution in [-0.4, -0.2) is 0 Å². The SMILES string of the molecule is CC(C)c1ccoc1C#N. The third-order valence-corrected chi connectivity index (χ3v) is 1.42. The van der Waals surface area contributed by atoms with Crippen LogP contribution in [0.2, 0.25) is 0 Å². The second kappa shape index (κ2) is 2.57. The van der Waals surface area contributed by atoms with Crippen LogP contribution in [-0.2, 0) is 0 Å². The van der Waals surface area contributed by atoms with E-state index < -0.39 is 0 Å². The van der Waals surface area contributed by atoms with Crippen LogP contribution in [0.5, 0.6) is 0 Å². The number of nitriles is 1. The van der Waals surface area contributed by atoms with Crippen molar-refractivity contribution in [2.24, 2.45) is 0 Å². The Bertz CT molecular complexity index is 254. The topological polar surface area (TPSA) is 36.9 Å². The van der Waals surface area contributed by atoms with E-state index in [9.17, 15) is 0 Å². The quantitative estimate of drug-likeness (QED) is 0.592. The third-order valence-electron chi connectivity index (χ3n) is 1.42. The summed E-state index contributed by atoms with van der Waals surface area (Å²) in [6, 6.07) is 3.83. The lowest BCUT2D eigenvalue weighted by molar-refractivity contribution is 0.546. The molecule has 0 N–H and O–H groups in total. The molecule has 1 rings (SSSR count). The van der Waals surface area contributed by atoms with Crippen LogP contribution in [0.1, 0.15) is 31.1 Å². The fourth-order valence-electron chi connectivity index (χ4n) is 0.865. The van der Waals surface area contributed by atoms with Crippen molar-refractivity contribution >= 4 is 0 Å². The van der Waals surface area contributed by atoms with Gasteiger partial charge in [-0.2, -0.15) is 5.26 Å². The third kappa shape index (κ3) is 1.03. The number of hydrogen-bond donors (Lipinski definition) is 0. The Morgan fingerprint density at radius 3 is 2.70 bits per heavy atom. The van der Waals surface area contributed by atoms with Gasteiger partial charge in [-0.3, -0.25) is 0 Å². The first-order valence-corrected chi connectivity index (χ1v) is 3.23. The van der Waals surface area contributed by atoms with Gasteiger partial charge in [-0.25, -0.2) is 0 Å². The number of hydrogen-bond acceptors (Lipinski definition) is 2. The van der Waals surface area contributed by atoms with E-state index in [-0.39, 0.29) is 0 Å². The van der Waals surface area contributed by atoms with E-state index in [0.717, 1.165) is 5.56 Å². The van der Waals surface area contributed by atoms with E-state index in [1.807, 2.05) is 26.0 Å². The molecule has 0 radical (unpaired) electrons. The molecule has 0 atom stereocenters. The average molecular weight is 135 g/mol. The minimum atomic E-state index is 0.369. The summed E-state index contributed by atoms with van der Waals surface area (Å²) in [7, 11) is 0. The van der Waals surface area contributed by atoms with Gasteiger partial charge in [0.2, 0.25) is 5.76 Å². The molecule has 1 aromatic heterocycles. The zero-order chi connectivity index (χ0) is 7.56. The molecule has 2 heteroatoms. The summed E-state index contributed by atoms with van der Waals surface area (Å²) in [6.07, 6.45) is 1.55. The van der Waals surface area contributed by atoms with Gasteiger partial charge in [0.05, 0.1) is 6.26 Å². The van der Waals surface area contributed by atoms with Gasteiger partial charge in [0.25, 0.3) is 0 Å². The molecule has 52 valence electrons. The van der Waals surface area contributed by atoms with E-state index in [2.05, 4.69) is 0 Å². The molecule has 0 saturated carbocycles. The number of rotatable bonds is 1. The molecule has 2 nitrogen and oxygen atoms in total. The van der Waals surface area contributed by atoms with Gasteiger partial charge in [-0.1, -0.05) is 13.8 Å². The standard InChI is InChI=1S/C8H9NO/c1-6(2)7-3-4-10-8(7)5-9/h3-4,6H,1-2H3. The maximum atomic E-state index is 8.51. The van der Waals surface area contributed by atoms with Gasteiger partial charge in [0.15, 0.2) is 0 Å². The summed E-state index contributed by atoms with van der Waals surface area (Å²) in [4.78, 5) is 0. The van der Waals surface area contributed by atoms with Crippen LogP contribution in [0.15, 0.2) is 16.7 Å². The van der Waals surface area contributed by atoms with Gasteiger partial charge in [-0.05, 0) is 12.0 Å². The predicted molar refractivity (Wildman–Crippen MR) is 37.5 cm³/mol. The molecule has 0 spiro atoms. The smallest absolute Gasteiger partial charge is 0.206 e. The van der Waals surface area contributed by atoms with Crippen LogP contribution in [0, 0.1) is 11.3 Å². The van der Waals surface area contributed by atoms with Gasteiger partial charge >= 0.3 is 0 Å². The lowest BCUT2D eigenvalue weighted by Crippen LogP contribution is -1.85. The Labute approximate surface area is 60.1 Å². The molecular formula is C8H9NO. The fraction of sp³-hybridized carbons (Fsp3) is 0.375. The van der Waals surface area contributed by atoms with E-state index >= 15 is 0 Å². The Hall–Kier alpha value is -1.23. The molecule has 0 aliphatic rings. The molecule has 0 aliphatic heterocycles. The van der Waals surface area contributed by atoms with Gasteiger partial charge in [0, 0.05) is 5.56 Å². The van der Waals surface area contributed by atoms with Crippen LogP contribution in [0.4, 0.5) is 0 Å². The maximum Gasteiger partial charge on any atom is 0.206 e. The monoisotopic (exact) mass is 135 g/mol. The minimum Gasteiger partial charge on any atom is -0.454 e. The Balaban J connectivity index is 3.05. The van der Waals surface area contributed by atoms with Gasteiger partial charge in [0.1, 0.15) is 6.07 Å². The van der Waals surface area contributed by atoms with E-state index in [0.29, 0.717) is 11.7 Å². The first-order chi connectivity index (χ1) is 4.75. The lowest BCUT2D eigenvalue weighted by Gasteiger charge is -1.97. The van der Waals surface area contributed by atoms with Crippen molar-refractivity contribution in [3.8, 4) is 6.07 Å². The molecule has 0 saturated heterocycles. The minimum absolute atomic E-state index is 0.369. The molecule has 1 heterocycles. The van der Waals surface area contributed by atoms with Crippen LogP contribution < -0.4 is 0 Å². The zero-order valence-electron chi connectivity index (χ0n) is 6.09. The molecule has 10 heavy (non-hydrogen) atoms. The van der Waals surface area contributed by atoms with Crippen LogP contribution in [0.3, 0.4) is 0 Å². The van der Waals surface area contributed by atoms with Crippen LogP contribution >= 0.6 is 0 Å². The normalized spacial score (nSPS) is 9.80. The summed E-state index contributed by atoms with van der Waals surface area (Å²) in [5, 5.41) is 8.51. The summed E-state index contributed by atoms with van der Waals surface area (Å²) in [6.45, 7) is 4.07. The molecule has 0 fully saturated rings. The second-order valence-corrected chi connectivity index (χ2v) is 2.47. The van der Waals surface area contributed by atoms with Gasteiger partial charge in [-0.15, -0.1) is 0 Å². The highest BCUT2D eigenvalue weighted by Crippen LogP contribution is 2.18. The predicted octanol–water partition coefficient (Wildman–Crippen LogP) is 2.27. The highest BCUT2D eigenvalue weighted by molar-refractivity contribution is 5.30. The second-order valence-electron chi connectivity index (χ2n) is 2.47. The summed E-state index contributed by atoms with van der Waals surface area (Å²) in [5.74, 6) is 0.809. The fourth-order valence-corrected chi connectivity index (χ4v) is 0.865. The Morgan fingerprint density at radius 2 is 2.30 bits per heavy atom. The molecule has 0 bridgehead atoms. The van der Waals surface area contributed by atoms with E-state index in [4.69, 9.17) is 9.68 Å². The lowest BCUT2D eigenvalue weighted by atomic mass is 10.1. The molecule has 0 unspecified atom stereocenters. The van der Waals surface area contributed by atoms with Crippen molar-refractivity contribution in [1.29, 1.82) is 5.26 Å². The van der Waals surface area contributed by atoms with Crippen molar-refractivity contribution in [3.63, 3.8) is 0 Å². The van der Waals surface area contributed by atoms with Crippen molar-refractivity contribution in [3.05, 3.63) is 23.7 Å². The first-order valence-electron chi connectivity index (χ1n) is 3.23. The molecule has 0 aliphatic carbocycles. The molecule has 1 aromatic rings. The summed E-state index contributed by atoms with van der Waals surface area (Å²) < 4.78 is 4.91. The largest absolute Gasteiger partial charge is 0.454 e. The molecule has 0 aromatic carbocycles. The first kappa shape index (κ1) is 6.88. The van der Waals surface area contributed by atoms with Crippen molar-refractivity contribution < 1.29 is 4.42 Å². The van der Waals surface area contributed by atoms with E-state index in [1.165, 1.54) is 0 Å². The summed E-state index contributed by atoms with van der Waals surface area (Å²) >= 11 is 0. The average Bonchev–Trinajstić information content (AvgIpc) is 2.33. The van der Waals surface area contributed by atoms with Crippen LogP contribution in [0.25, 0.3) is 0 Å². The Morgan fingerprint density at radius 1 is 1.60 bits per heavy atom. The highest BCUT2D eigenvalue weighted by Gasteiger charge is 2.07. The highest BCUT2D eigenvalue weighted by atomic mass is 16.3. The van der Waals surface area contributed by atoms with Gasteiger partial charge < -0.3 is 4.42 Å². The number of nitrogens with zero attached hydrogens (tertiary/aromatic N) is 1. The van der Waals surface area contributed by atoms with Crippen molar-refractivity contribution in [2.45, 2.75) is 19.8 Å². The summed E-state index contributed by atoms with van der Waals surface area (Å²) in [5.41, 5.74) is 0.988. The Kier molecular flexibility index (Phi) is 1.77. The maximum absolute atomic E-state index is 8.51. The number of furan rings is 1. The van der Waals surface area contributed by atoms with Crippen molar-refractivity contribution in [1.82, 2.24) is 0 Å². The molecule has 0 amide bonds.